The van der Waals surface area contributed by atoms with Crippen molar-refractivity contribution in [2.75, 3.05) is 76.9 Å². The number of piperazine rings is 2. The molecule has 3 heterocycles. The summed E-state index contributed by atoms with van der Waals surface area (Å²) < 4.78 is 0. The van der Waals surface area contributed by atoms with Gasteiger partial charge in [0.15, 0.2) is 0 Å². The first-order valence-electron chi connectivity index (χ1n) is 15.0. The molecule has 3 aliphatic heterocycles. The summed E-state index contributed by atoms with van der Waals surface area (Å²) in [5.74, 6) is 2.05. The molecular weight excluding hydrogens is 462 g/mol. The maximum absolute atomic E-state index is 13.2. The van der Waals surface area contributed by atoms with E-state index in [9.17, 15) is 9.59 Å². The molecule has 37 heavy (non-hydrogen) atoms. The molecule has 3 saturated heterocycles. The van der Waals surface area contributed by atoms with E-state index >= 15 is 0 Å². The average Bonchev–Trinajstić information content (AvgIpc) is 2.92. The van der Waals surface area contributed by atoms with Crippen molar-refractivity contribution in [3.05, 3.63) is 29.8 Å². The highest BCUT2D eigenvalue weighted by molar-refractivity contribution is 5.94. The van der Waals surface area contributed by atoms with Crippen LogP contribution in [0, 0.1) is 11.8 Å². The Bertz CT molecular complexity index is 932. The molecule has 202 valence electrons. The third kappa shape index (κ3) is 5.68. The number of likely N-dealkylation sites (tertiary alicyclic amines) is 1. The van der Waals surface area contributed by atoms with E-state index in [0.29, 0.717) is 18.4 Å². The van der Waals surface area contributed by atoms with Crippen molar-refractivity contribution in [3.63, 3.8) is 0 Å². The maximum atomic E-state index is 13.2. The van der Waals surface area contributed by atoms with E-state index in [1.807, 2.05) is 12.1 Å². The minimum atomic E-state index is 0.201. The molecule has 7 nitrogen and oxygen atoms in total. The van der Waals surface area contributed by atoms with Crippen molar-refractivity contribution >= 4 is 17.5 Å². The van der Waals surface area contributed by atoms with Gasteiger partial charge in [0.25, 0.3) is 5.91 Å². The van der Waals surface area contributed by atoms with Gasteiger partial charge in [0, 0.05) is 82.7 Å². The van der Waals surface area contributed by atoms with Gasteiger partial charge in [0.05, 0.1) is 6.54 Å². The number of nitrogens with zero attached hydrogens (tertiary/aromatic N) is 5. The first kappa shape index (κ1) is 25.2. The lowest BCUT2D eigenvalue weighted by Crippen LogP contribution is -2.56. The molecule has 1 aromatic rings. The van der Waals surface area contributed by atoms with Gasteiger partial charge in [-0.15, -0.1) is 0 Å². The van der Waals surface area contributed by atoms with Crippen LogP contribution in [0.3, 0.4) is 0 Å². The van der Waals surface area contributed by atoms with Crippen molar-refractivity contribution in [2.45, 2.75) is 57.4 Å². The highest BCUT2D eigenvalue weighted by Gasteiger charge is 2.33. The smallest absolute Gasteiger partial charge is 0.253 e. The molecule has 2 amide bonds. The van der Waals surface area contributed by atoms with E-state index < -0.39 is 0 Å². The molecule has 2 saturated carbocycles. The van der Waals surface area contributed by atoms with Crippen molar-refractivity contribution in [3.8, 4) is 0 Å². The van der Waals surface area contributed by atoms with Crippen molar-refractivity contribution in [1.29, 1.82) is 0 Å². The topological polar surface area (TPSA) is 50.3 Å². The Morgan fingerprint density at radius 2 is 1.38 bits per heavy atom. The van der Waals surface area contributed by atoms with E-state index in [4.69, 9.17) is 0 Å². The Labute approximate surface area is 222 Å². The Morgan fingerprint density at radius 3 is 2.05 bits per heavy atom. The van der Waals surface area contributed by atoms with E-state index in [1.165, 1.54) is 57.1 Å². The van der Waals surface area contributed by atoms with Crippen LogP contribution in [0.2, 0.25) is 0 Å². The van der Waals surface area contributed by atoms with E-state index in [-0.39, 0.29) is 5.91 Å². The highest BCUT2D eigenvalue weighted by atomic mass is 16.2. The van der Waals surface area contributed by atoms with Crippen LogP contribution in [0.15, 0.2) is 24.3 Å². The van der Waals surface area contributed by atoms with Crippen LogP contribution in [-0.4, -0.2) is 109 Å². The molecule has 0 N–H and O–H groups in total. The van der Waals surface area contributed by atoms with Gasteiger partial charge >= 0.3 is 0 Å². The number of hydrogen-bond donors (Lipinski definition) is 0. The molecule has 2 aliphatic carbocycles. The number of anilines is 1. The maximum Gasteiger partial charge on any atom is 0.253 e. The Hall–Kier alpha value is -2.12. The van der Waals surface area contributed by atoms with Gasteiger partial charge in [-0.2, -0.15) is 0 Å². The zero-order valence-electron chi connectivity index (χ0n) is 22.5. The average molecular weight is 508 g/mol. The molecule has 0 spiro atoms. The Balaban J connectivity index is 0.947. The van der Waals surface area contributed by atoms with Gasteiger partial charge in [-0.05, 0) is 61.8 Å². The molecule has 0 radical (unpaired) electrons. The molecule has 5 aliphatic rings. The summed E-state index contributed by atoms with van der Waals surface area (Å²) in [6, 6.07) is 9.05. The fourth-order valence-corrected chi connectivity index (χ4v) is 7.33. The number of hydrogen-bond acceptors (Lipinski definition) is 5. The standard InChI is InChI=1S/C30H45N5O2/c36-29(34-20-18-33(19-21-34)27-6-3-7-27)23-31-14-16-32(17-15-31)28-10-8-25(9-11-28)30(37)35-13-12-24-4-1-2-5-26(24)22-35/h8-11,24,26-27H,1-7,12-23H2/t24-,26+/m0/s1. The normalized spacial score (nSPS) is 28.1. The predicted octanol–water partition coefficient (Wildman–Crippen LogP) is 3.16. The van der Waals surface area contributed by atoms with Crippen molar-refractivity contribution in [2.24, 2.45) is 11.8 Å². The van der Waals surface area contributed by atoms with Crippen LogP contribution >= 0.6 is 0 Å². The minimum absolute atomic E-state index is 0.201. The second-order valence-corrected chi connectivity index (χ2v) is 12.2. The second kappa shape index (κ2) is 11.3. The molecule has 5 fully saturated rings. The summed E-state index contributed by atoms with van der Waals surface area (Å²) in [6.45, 7) is 9.93. The van der Waals surface area contributed by atoms with Crippen LogP contribution in [0.25, 0.3) is 0 Å². The summed E-state index contributed by atoms with van der Waals surface area (Å²) >= 11 is 0. The van der Waals surface area contributed by atoms with Gasteiger partial charge in [-0.3, -0.25) is 19.4 Å². The van der Waals surface area contributed by atoms with Crippen molar-refractivity contribution < 1.29 is 9.59 Å². The number of rotatable bonds is 5. The number of benzene rings is 1. The van der Waals surface area contributed by atoms with Gasteiger partial charge in [-0.25, -0.2) is 0 Å². The lowest BCUT2D eigenvalue weighted by Gasteiger charge is -2.43. The van der Waals surface area contributed by atoms with E-state index in [2.05, 4.69) is 36.6 Å². The monoisotopic (exact) mass is 507 g/mol. The lowest BCUT2D eigenvalue weighted by molar-refractivity contribution is -0.134. The molecule has 6 rings (SSSR count). The molecule has 1 aromatic carbocycles. The summed E-state index contributed by atoms with van der Waals surface area (Å²) in [7, 11) is 0. The van der Waals surface area contributed by atoms with Crippen molar-refractivity contribution in [1.82, 2.24) is 19.6 Å². The summed E-state index contributed by atoms with van der Waals surface area (Å²) in [5.41, 5.74) is 2.00. The third-order valence-corrected chi connectivity index (χ3v) is 10.0. The summed E-state index contributed by atoms with van der Waals surface area (Å²) in [5, 5.41) is 0. The van der Waals surface area contributed by atoms with Crippen LogP contribution in [0.1, 0.15) is 61.7 Å². The first-order valence-corrected chi connectivity index (χ1v) is 15.0. The molecule has 0 unspecified atom stereocenters. The highest BCUT2D eigenvalue weighted by Crippen LogP contribution is 2.36. The van der Waals surface area contributed by atoms with E-state index in [0.717, 1.165) is 83.0 Å². The molecule has 0 aromatic heterocycles. The van der Waals surface area contributed by atoms with Crippen LogP contribution in [-0.2, 0) is 4.79 Å². The van der Waals surface area contributed by atoms with Gasteiger partial charge in [0.2, 0.25) is 5.91 Å². The van der Waals surface area contributed by atoms with Gasteiger partial charge in [0.1, 0.15) is 0 Å². The Morgan fingerprint density at radius 1 is 0.676 bits per heavy atom. The molecule has 2 atom stereocenters. The molecule has 0 bridgehead atoms. The largest absolute Gasteiger partial charge is 0.369 e. The quantitative estimate of drug-likeness (QED) is 0.613. The van der Waals surface area contributed by atoms with Gasteiger partial charge < -0.3 is 14.7 Å². The Kier molecular flexibility index (Phi) is 7.70. The van der Waals surface area contributed by atoms with Crippen LogP contribution in [0.5, 0.6) is 0 Å². The zero-order valence-corrected chi connectivity index (χ0v) is 22.5. The number of fused-ring (bicyclic) bond motifs is 1. The fourth-order valence-electron chi connectivity index (χ4n) is 7.33. The zero-order chi connectivity index (χ0) is 25.2. The summed E-state index contributed by atoms with van der Waals surface area (Å²) in [6.07, 6.45) is 10.6. The SMILES string of the molecule is O=C(CN1CCN(c2ccc(C(=O)N3CC[C@@H]4CCCC[C@@H]4C3)cc2)CC1)N1CCN(C2CCC2)CC1. The number of carbonyl (C=O) groups excluding carboxylic acids is 2. The van der Waals surface area contributed by atoms with Crippen LogP contribution in [0.4, 0.5) is 5.69 Å². The van der Waals surface area contributed by atoms with Crippen LogP contribution < -0.4 is 4.90 Å². The lowest BCUT2D eigenvalue weighted by atomic mass is 9.75. The predicted molar refractivity (Wildman–Crippen MR) is 147 cm³/mol. The number of carbonyl (C=O) groups is 2. The number of amides is 2. The number of piperidine rings is 1. The van der Waals surface area contributed by atoms with Gasteiger partial charge in [-0.1, -0.05) is 25.7 Å². The second-order valence-electron chi connectivity index (χ2n) is 12.2. The molecular formula is C30H45N5O2. The first-order chi connectivity index (χ1) is 18.1. The summed E-state index contributed by atoms with van der Waals surface area (Å²) in [4.78, 5) is 37.5. The third-order valence-electron chi connectivity index (χ3n) is 10.0. The molecule has 7 heteroatoms. The van der Waals surface area contributed by atoms with E-state index in [1.54, 1.807) is 0 Å². The minimum Gasteiger partial charge on any atom is -0.369 e. The fraction of sp³-hybridized carbons (Fsp3) is 0.733.